The Bertz CT molecular complexity index is 1900. The van der Waals surface area contributed by atoms with Gasteiger partial charge in [-0.3, -0.25) is 19.2 Å². The normalized spacial score (nSPS) is 24.9. The van der Waals surface area contributed by atoms with E-state index in [9.17, 15) is 14.7 Å². The number of rotatable bonds is 19. The minimum Gasteiger partial charge on any atom is -0.497 e. The number of allylic oxidation sites excluding steroid dienone is 1. The van der Waals surface area contributed by atoms with Crippen molar-refractivity contribution in [3.63, 3.8) is 0 Å². The van der Waals surface area contributed by atoms with Crippen LogP contribution >= 0.6 is 15.9 Å². The predicted octanol–water partition coefficient (Wildman–Crippen LogP) is 4.95. The quantitative estimate of drug-likeness (QED) is 0.0975. The first-order chi connectivity index (χ1) is 27.6. The first-order valence-corrected chi connectivity index (χ1v) is 20.0. The highest BCUT2D eigenvalue weighted by molar-refractivity contribution is 9.09. The van der Waals surface area contributed by atoms with Gasteiger partial charge in [-0.1, -0.05) is 88.7 Å². The molecule has 2 N–H and O–H groups in total. The number of alkyl halides is 1. The van der Waals surface area contributed by atoms with Gasteiger partial charge in [0, 0.05) is 30.6 Å². The predicted molar refractivity (Wildman–Crippen MR) is 218 cm³/mol. The number of hydrogen-bond acceptors (Lipinski definition) is 9. The van der Waals surface area contributed by atoms with Crippen molar-refractivity contribution in [1.29, 1.82) is 0 Å². The van der Waals surface area contributed by atoms with Crippen LogP contribution in [0.25, 0.3) is 0 Å². The Kier molecular flexibility index (Phi) is 13.7. The zero-order chi connectivity index (χ0) is 40.7. The van der Waals surface area contributed by atoms with Crippen molar-refractivity contribution in [3.8, 4) is 5.75 Å². The lowest BCUT2D eigenvalue weighted by molar-refractivity contribution is -0.163. The standard InChI is InChI=1S/C44H50BrN3O9/c1-5-7-18-35(50)46-34(27-54-3)38(29-16-12-9-13-17-29)56-43(53)36-37-41(51)48(31(26-49)24-28-14-10-8-11-15-28)40(44(37)25-33(45)39(36)57-44)42(52)47(23-6-2)30-19-21-32(55-4)22-20-30/h5-6,8-17,19-22,31,33-34,36-40,49H,1-2,7,18,23-27H2,3-4H3,(H,46,50)/t31-,33?,34+,36-,37+,38+,39-,40-,44+/m1/s1. The van der Waals surface area contributed by atoms with Gasteiger partial charge in [-0.2, -0.15) is 0 Å². The van der Waals surface area contributed by atoms with E-state index >= 15 is 9.59 Å². The van der Waals surface area contributed by atoms with Gasteiger partial charge in [0.2, 0.25) is 11.8 Å². The van der Waals surface area contributed by atoms with Crippen molar-refractivity contribution in [2.24, 2.45) is 11.8 Å². The Morgan fingerprint density at radius 2 is 1.72 bits per heavy atom. The van der Waals surface area contributed by atoms with Crippen LogP contribution in [0, 0.1) is 11.8 Å². The molecule has 0 aromatic heterocycles. The second kappa shape index (κ2) is 18.6. The van der Waals surface area contributed by atoms with Crippen LogP contribution in [0.5, 0.6) is 5.75 Å². The molecular weight excluding hydrogens is 794 g/mol. The molecule has 3 aromatic rings. The molecule has 3 aliphatic rings. The minimum atomic E-state index is -1.46. The average molecular weight is 845 g/mol. The first kappa shape index (κ1) is 41.8. The van der Waals surface area contributed by atoms with Crippen LogP contribution in [0.2, 0.25) is 0 Å². The number of benzene rings is 3. The summed E-state index contributed by atoms with van der Waals surface area (Å²) in [6, 6.07) is 22.6. The maximum Gasteiger partial charge on any atom is 0.313 e. The molecule has 3 amide bonds. The summed E-state index contributed by atoms with van der Waals surface area (Å²) in [4.78, 5) is 60.8. The van der Waals surface area contributed by atoms with Crippen molar-refractivity contribution in [2.45, 2.75) is 66.4 Å². The van der Waals surface area contributed by atoms with E-state index in [4.69, 9.17) is 18.9 Å². The van der Waals surface area contributed by atoms with Crippen molar-refractivity contribution >= 4 is 45.3 Å². The summed E-state index contributed by atoms with van der Waals surface area (Å²) in [5.74, 6) is -3.56. The molecule has 0 aliphatic carbocycles. The number of halogens is 1. The molecule has 9 atom stereocenters. The number of nitrogens with one attached hydrogen (secondary N) is 1. The number of likely N-dealkylation sites (tertiary alicyclic amines) is 1. The molecule has 302 valence electrons. The highest BCUT2D eigenvalue weighted by Crippen LogP contribution is 2.61. The first-order valence-electron chi connectivity index (χ1n) is 19.1. The molecule has 3 saturated heterocycles. The minimum absolute atomic E-state index is 0.0250. The lowest BCUT2D eigenvalue weighted by atomic mass is 9.70. The molecule has 3 heterocycles. The van der Waals surface area contributed by atoms with Crippen LogP contribution < -0.4 is 15.0 Å². The second-order valence-corrected chi connectivity index (χ2v) is 15.8. The SMILES string of the molecule is C=CCCC(=O)N[C@@H](COC)[C@@H](OC(=O)[C@H]1[C@@H]2O[C@@]3(CC2Br)[C@@H]1C(=O)N([C@@H](CO)Cc1ccccc1)[C@@H]3C(=O)N(CC=C)c1ccc(OC)cc1)c1ccccc1. The molecular formula is C44H50BrN3O9. The zero-order valence-corrected chi connectivity index (χ0v) is 33.8. The van der Waals surface area contributed by atoms with Crippen molar-refractivity contribution in [2.75, 3.05) is 38.9 Å². The summed E-state index contributed by atoms with van der Waals surface area (Å²) in [6.45, 7) is 7.29. The monoisotopic (exact) mass is 843 g/mol. The molecule has 13 heteroatoms. The fraction of sp³-hybridized carbons (Fsp3) is 0.409. The number of aliphatic hydroxyl groups excluding tert-OH is 1. The average Bonchev–Trinajstić information content (AvgIpc) is 3.83. The van der Waals surface area contributed by atoms with E-state index < -0.39 is 77.0 Å². The third kappa shape index (κ3) is 8.43. The van der Waals surface area contributed by atoms with Gasteiger partial charge in [0.05, 0.1) is 50.3 Å². The summed E-state index contributed by atoms with van der Waals surface area (Å²) in [5, 5.41) is 13.9. The number of amides is 3. The fourth-order valence-corrected chi connectivity index (χ4v) is 9.58. The molecule has 3 aliphatic heterocycles. The highest BCUT2D eigenvalue weighted by atomic mass is 79.9. The lowest BCUT2D eigenvalue weighted by Gasteiger charge is -2.39. The molecule has 6 rings (SSSR count). The van der Waals surface area contributed by atoms with Crippen molar-refractivity contribution < 1.29 is 43.2 Å². The van der Waals surface area contributed by atoms with E-state index in [2.05, 4.69) is 34.4 Å². The molecule has 3 aromatic carbocycles. The molecule has 1 unspecified atom stereocenters. The van der Waals surface area contributed by atoms with Crippen molar-refractivity contribution in [1.82, 2.24) is 10.2 Å². The maximum atomic E-state index is 15.2. The second-order valence-electron chi connectivity index (χ2n) is 14.6. The molecule has 0 radical (unpaired) electrons. The fourth-order valence-electron chi connectivity index (χ4n) is 8.63. The summed E-state index contributed by atoms with van der Waals surface area (Å²) in [7, 11) is 3.05. The van der Waals surface area contributed by atoms with E-state index in [0.29, 0.717) is 23.4 Å². The van der Waals surface area contributed by atoms with E-state index in [1.54, 1.807) is 67.8 Å². The largest absolute Gasteiger partial charge is 0.497 e. The summed E-state index contributed by atoms with van der Waals surface area (Å²) < 4.78 is 24.1. The molecule has 12 nitrogen and oxygen atoms in total. The Balaban J connectivity index is 1.41. The molecule has 57 heavy (non-hydrogen) atoms. The Morgan fingerprint density at radius 1 is 1.04 bits per heavy atom. The zero-order valence-electron chi connectivity index (χ0n) is 32.2. The number of ether oxygens (including phenoxy) is 4. The summed E-state index contributed by atoms with van der Waals surface area (Å²) >= 11 is 3.76. The third-order valence-electron chi connectivity index (χ3n) is 11.1. The molecule has 2 bridgehead atoms. The van der Waals surface area contributed by atoms with Gasteiger partial charge in [0.1, 0.15) is 23.5 Å². The van der Waals surface area contributed by atoms with Crippen LogP contribution in [0.1, 0.15) is 36.5 Å². The number of fused-ring (bicyclic) bond motifs is 1. The number of anilines is 1. The van der Waals surface area contributed by atoms with Gasteiger partial charge in [-0.05, 0) is 54.7 Å². The smallest absolute Gasteiger partial charge is 0.313 e. The van der Waals surface area contributed by atoms with Gasteiger partial charge in [-0.25, -0.2) is 0 Å². The number of carbonyl (C=O) groups is 4. The van der Waals surface area contributed by atoms with Gasteiger partial charge < -0.3 is 39.2 Å². The Hall–Kier alpha value is -4.82. The Morgan fingerprint density at radius 3 is 2.33 bits per heavy atom. The van der Waals surface area contributed by atoms with Crippen LogP contribution in [0.3, 0.4) is 0 Å². The van der Waals surface area contributed by atoms with Crippen LogP contribution in [-0.4, -0.2) is 102 Å². The summed E-state index contributed by atoms with van der Waals surface area (Å²) in [6.07, 6.45) is 2.56. The number of carbonyl (C=O) groups excluding carboxylic acids is 4. The number of hydrogen-bond donors (Lipinski definition) is 2. The van der Waals surface area contributed by atoms with Crippen LogP contribution in [0.15, 0.2) is 110 Å². The van der Waals surface area contributed by atoms with Crippen LogP contribution in [0.4, 0.5) is 5.69 Å². The maximum absolute atomic E-state index is 15.2. The van der Waals surface area contributed by atoms with Gasteiger partial charge in [0.15, 0.2) is 0 Å². The molecule has 3 fully saturated rings. The van der Waals surface area contributed by atoms with E-state index in [1.165, 1.54) is 16.9 Å². The lowest BCUT2D eigenvalue weighted by Crippen LogP contribution is -2.59. The van der Waals surface area contributed by atoms with E-state index in [-0.39, 0.29) is 38.3 Å². The third-order valence-corrected chi connectivity index (χ3v) is 12.0. The van der Waals surface area contributed by atoms with E-state index in [1.807, 2.05) is 36.4 Å². The van der Waals surface area contributed by atoms with Crippen molar-refractivity contribution in [3.05, 3.63) is 121 Å². The number of aliphatic hydroxyl groups is 1. The number of methoxy groups -OCH3 is 2. The highest BCUT2D eigenvalue weighted by Gasteiger charge is 2.77. The number of esters is 1. The summed E-state index contributed by atoms with van der Waals surface area (Å²) in [5.41, 5.74) is 0.550. The van der Waals surface area contributed by atoms with Gasteiger partial charge >= 0.3 is 5.97 Å². The molecule has 0 saturated carbocycles. The van der Waals surface area contributed by atoms with Gasteiger partial charge in [0.25, 0.3) is 5.91 Å². The number of nitrogens with zero attached hydrogens (tertiary/aromatic N) is 2. The van der Waals surface area contributed by atoms with Gasteiger partial charge in [-0.15, -0.1) is 13.2 Å². The van der Waals surface area contributed by atoms with Crippen LogP contribution in [-0.2, 0) is 39.8 Å². The van der Waals surface area contributed by atoms with E-state index in [0.717, 1.165) is 5.56 Å². The topological polar surface area (TPSA) is 144 Å². The Labute approximate surface area is 341 Å². The molecule has 1 spiro atoms.